The van der Waals surface area contributed by atoms with Crippen LogP contribution in [0.25, 0.3) is 0 Å². The van der Waals surface area contributed by atoms with Gasteiger partial charge in [-0.25, -0.2) is 4.57 Å². The highest BCUT2D eigenvalue weighted by Crippen LogP contribution is 2.43. The maximum atomic E-state index is 11.8. The Morgan fingerprint density at radius 3 is 1.64 bits per heavy atom. The summed E-state index contributed by atoms with van der Waals surface area (Å²) in [5.74, 6) is -0.370. The second kappa shape index (κ2) is 22.5. The first-order valence-electron chi connectivity index (χ1n) is 14.3. The van der Waals surface area contributed by atoms with Crippen LogP contribution in [-0.4, -0.2) is 74.1 Å². The fraction of sp³-hybridized carbons (Fsp3) is 0.963. The number of hydrogen-bond acceptors (Lipinski definition) is 6. The van der Waals surface area contributed by atoms with E-state index in [-0.39, 0.29) is 19.2 Å². The number of aliphatic hydroxyl groups is 1. The molecule has 0 aromatic rings. The van der Waals surface area contributed by atoms with Crippen LogP contribution < -0.4 is 0 Å². The lowest BCUT2D eigenvalue weighted by molar-refractivity contribution is -0.870. The van der Waals surface area contributed by atoms with E-state index < -0.39 is 20.5 Å². The molecule has 216 valence electrons. The number of likely N-dealkylation sites (N-methyl/N-ethyl adjacent to an activating group) is 1. The number of ether oxygens (including phenoxy) is 1. The summed E-state index contributed by atoms with van der Waals surface area (Å²) in [5, 5.41) is 9.84. The number of rotatable bonds is 26. The molecule has 0 heterocycles. The minimum absolute atomic E-state index is 0.0572. The number of unbranched alkanes of at least 4 members (excludes halogenated alkanes) is 15. The molecule has 0 fully saturated rings. The Bertz CT molecular complexity index is 569. The second-order valence-corrected chi connectivity index (χ2v) is 12.5. The molecular weight excluding hydrogens is 481 g/mol. The normalized spacial score (nSPS) is 14.5. The molecule has 9 heteroatoms. The largest absolute Gasteiger partial charge is 0.472 e. The average molecular weight is 539 g/mol. The molecule has 1 unspecified atom stereocenters. The zero-order valence-electron chi connectivity index (χ0n) is 23.8. The highest BCUT2D eigenvalue weighted by Gasteiger charge is 2.24. The van der Waals surface area contributed by atoms with E-state index in [0.717, 1.165) is 19.3 Å². The molecule has 0 rings (SSSR count). The van der Waals surface area contributed by atoms with Gasteiger partial charge in [-0.3, -0.25) is 13.8 Å². The SMILES string of the molecule is CCCCCCCCCCCCCCCCCCC(=O)OC[C@H](O)COP(=O)(O)OCC[N+](C)(C)C. The molecule has 2 N–H and O–H groups in total. The van der Waals surface area contributed by atoms with Gasteiger partial charge in [-0.1, -0.05) is 103 Å². The quantitative estimate of drug-likeness (QED) is 0.0570. The lowest BCUT2D eigenvalue weighted by Gasteiger charge is -2.24. The van der Waals surface area contributed by atoms with E-state index in [9.17, 15) is 19.4 Å². The van der Waals surface area contributed by atoms with Crippen LogP contribution in [0.2, 0.25) is 0 Å². The summed E-state index contributed by atoms with van der Waals surface area (Å²) >= 11 is 0. The van der Waals surface area contributed by atoms with Gasteiger partial charge in [-0.05, 0) is 6.42 Å². The molecule has 8 nitrogen and oxygen atoms in total. The Hall–Kier alpha value is -0.500. The first-order valence-corrected chi connectivity index (χ1v) is 15.8. The van der Waals surface area contributed by atoms with Crippen molar-refractivity contribution < 1.29 is 37.6 Å². The summed E-state index contributed by atoms with van der Waals surface area (Å²) in [6.07, 6.45) is 19.6. The molecule has 36 heavy (non-hydrogen) atoms. The van der Waals surface area contributed by atoms with Crippen LogP contribution in [0.3, 0.4) is 0 Å². The highest BCUT2D eigenvalue weighted by atomic mass is 31.2. The molecule has 0 aromatic heterocycles. The summed E-state index contributed by atoms with van der Waals surface area (Å²) in [7, 11) is 1.57. The molecular formula is C27H57NO7P+. The summed E-state index contributed by atoms with van der Waals surface area (Å²) in [5.41, 5.74) is 0. The van der Waals surface area contributed by atoms with E-state index >= 15 is 0 Å². The van der Waals surface area contributed by atoms with Gasteiger partial charge in [-0.15, -0.1) is 0 Å². The molecule has 0 saturated carbocycles. The number of phosphoric acid groups is 1. The maximum Gasteiger partial charge on any atom is 0.472 e. The number of aliphatic hydroxyl groups excluding tert-OH is 1. The molecule has 0 aliphatic rings. The van der Waals surface area contributed by atoms with Crippen LogP contribution >= 0.6 is 7.82 Å². The van der Waals surface area contributed by atoms with Crippen LogP contribution in [0, 0.1) is 0 Å². The number of quaternary nitrogens is 1. The van der Waals surface area contributed by atoms with Crippen molar-refractivity contribution in [1.29, 1.82) is 0 Å². The standard InChI is InChI=1S/C27H56NO7P/c1-5-6-7-8-9-10-11-12-13-14-15-16-17-18-19-20-21-27(30)33-24-26(29)25-35-36(31,32)34-23-22-28(2,3)4/h26,29H,5-25H2,1-4H3/p+1/t26-/m0/s1. The minimum Gasteiger partial charge on any atom is -0.463 e. The predicted octanol–water partition coefficient (Wildman–Crippen LogP) is 6.38. The fourth-order valence-corrected chi connectivity index (χ4v) is 4.52. The van der Waals surface area contributed by atoms with E-state index in [1.807, 2.05) is 21.1 Å². The molecule has 0 aromatic carbocycles. The Morgan fingerprint density at radius 2 is 1.19 bits per heavy atom. The molecule has 0 radical (unpaired) electrons. The lowest BCUT2D eigenvalue weighted by Crippen LogP contribution is -2.37. The smallest absolute Gasteiger partial charge is 0.463 e. The molecule has 0 aliphatic heterocycles. The molecule has 0 amide bonds. The number of carbonyl (C=O) groups is 1. The van der Waals surface area contributed by atoms with E-state index in [2.05, 4.69) is 6.92 Å². The lowest BCUT2D eigenvalue weighted by atomic mass is 10.0. The predicted molar refractivity (Wildman–Crippen MR) is 146 cm³/mol. The monoisotopic (exact) mass is 538 g/mol. The third-order valence-corrected chi connectivity index (χ3v) is 7.10. The van der Waals surface area contributed by atoms with Gasteiger partial charge in [0.05, 0.1) is 27.7 Å². The van der Waals surface area contributed by atoms with Crippen LogP contribution in [0.15, 0.2) is 0 Å². The van der Waals surface area contributed by atoms with Crippen molar-refractivity contribution in [2.45, 2.75) is 122 Å². The van der Waals surface area contributed by atoms with Crippen molar-refractivity contribution in [2.75, 3.05) is 47.5 Å². The fourth-order valence-electron chi connectivity index (χ4n) is 3.77. The number of phosphoric ester groups is 1. The molecule has 2 atom stereocenters. The van der Waals surface area contributed by atoms with Gasteiger partial charge < -0.3 is 19.2 Å². The van der Waals surface area contributed by atoms with Gasteiger partial charge in [0.1, 0.15) is 25.9 Å². The van der Waals surface area contributed by atoms with Crippen molar-refractivity contribution in [3.8, 4) is 0 Å². The highest BCUT2D eigenvalue weighted by molar-refractivity contribution is 7.47. The van der Waals surface area contributed by atoms with Gasteiger partial charge in [0.25, 0.3) is 0 Å². The van der Waals surface area contributed by atoms with Crippen molar-refractivity contribution in [3.05, 3.63) is 0 Å². The maximum absolute atomic E-state index is 11.8. The summed E-state index contributed by atoms with van der Waals surface area (Å²) in [4.78, 5) is 21.5. The van der Waals surface area contributed by atoms with E-state index in [1.54, 1.807) is 0 Å². The first kappa shape index (κ1) is 35.5. The van der Waals surface area contributed by atoms with Gasteiger partial charge in [0.15, 0.2) is 0 Å². The molecule has 0 bridgehead atoms. The third-order valence-electron chi connectivity index (χ3n) is 6.12. The average Bonchev–Trinajstić information content (AvgIpc) is 2.80. The van der Waals surface area contributed by atoms with Gasteiger partial charge in [0.2, 0.25) is 0 Å². The zero-order chi connectivity index (χ0) is 27.1. The summed E-state index contributed by atoms with van der Waals surface area (Å²) in [6.45, 7) is 2.15. The van der Waals surface area contributed by atoms with Crippen molar-refractivity contribution in [3.63, 3.8) is 0 Å². The number of esters is 1. The van der Waals surface area contributed by atoms with Crippen LogP contribution in [0.5, 0.6) is 0 Å². The second-order valence-electron chi connectivity index (χ2n) is 11.0. The Labute approximate surface area is 221 Å². The van der Waals surface area contributed by atoms with E-state index in [0.29, 0.717) is 17.4 Å². The molecule has 0 saturated heterocycles. The first-order chi connectivity index (χ1) is 17.1. The molecule has 0 spiro atoms. The Morgan fingerprint density at radius 1 is 0.750 bits per heavy atom. The number of hydrogen-bond donors (Lipinski definition) is 2. The van der Waals surface area contributed by atoms with Crippen molar-refractivity contribution in [2.24, 2.45) is 0 Å². The summed E-state index contributed by atoms with van der Waals surface area (Å²) in [6, 6.07) is 0. The Balaban J connectivity index is 3.50. The van der Waals surface area contributed by atoms with Crippen molar-refractivity contribution in [1.82, 2.24) is 0 Å². The van der Waals surface area contributed by atoms with E-state index in [4.69, 9.17) is 13.8 Å². The van der Waals surface area contributed by atoms with Crippen LogP contribution in [0.4, 0.5) is 0 Å². The van der Waals surface area contributed by atoms with E-state index in [1.165, 1.54) is 83.5 Å². The van der Waals surface area contributed by atoms with Gasteiger partial charge in [0, 0.05) is 6.42 Å². The molecule has 0 aliphatic carbocycles. The number of nitrogens with zero attached hydrogens (tertiary/aromatic N) is 1. The Kier molecular flexibility index (Phi) is 22.2. The topological polar surface area (TPSA) is 102 Å². The van der Waals surface area contributed by atoms with Gasteiger partial charge in [-0.2, -0.15) is 0 Å². The third kappa shape index (κ3) is 26.6. The zero-order valence-corrected chi connectivity index (χ0v) is 24.7. The van der Waals surface area contributed by atoms with Crippen molar-refractivity contribution >= 4 is 13.8 Å². The number of carbonyl (C=O) groups excluding carboxylic acids is 1. The minimum atomic E-state index is -4.24. The van der Waals surface area contributed by atoms with Crippen LogP contribution in [-0.2, 0) is 23.1 Å². The van der Waals surface area contributed by atoms with Gasteiger partial charge >= 0.3 is 13.8 Å². The van der Waals surface area contributed by atoms with Crippen LogP contribution in [0.1, 0.15) is 116 Å². The summed E-state index contributed by atoms with van der Waals surface area (Å²) < 4.78 is 27.1.